The molecular formula is C13H12O. The summed E-state index contributed by atoms with van der Waals surface area (Å²) in [6.07, 6.45) is 1.45. The number of fused-ring (bicyclic) bond motifs is 1. The van der Waals surface area contributed by atoms with Crippen LogP contribution in [0.15, 0.2) is 36.4 Å². The highest BCUT2D eigenvalue weighted by Gasteiger charge is 1.99. The molecule has 2 rings (SSSR count). The van der Waals surface area contributed by atoms with Crippen molar-refractivity contribution in [2.75, 3.05) is 0 Å². The van der Waals surface area contributed by atoms with Crippen LogP contribution >= 0.6 is 0 Å². The Labute approximate surface area is 83.4 Å². The molecule has 0 spiro atoms. The predicted molar refractivity (Wildman–Crippen MR) is 58.5 cm³/mol. The number of hydrogen-bond acceptors (Lipinski definition) is 1. The molecule has 1 nitrogen and oxygen atoms in total. The van der Waals surface area contributed by atoms with Gasteiger partial charge in [0.05, 0.1) is 0 Å². The molecule has 0 saturated heterocycles. The van der Waals surface area contributed by atoms with Crippen molar-refractivity contribution in [2.45, 2.75) is 13.3 Å². The summed E-state index contributed by atoms with van der Waals surface area (Å²) in [5.74, 6) is 0. The van der Waals surface area contributed by atoms with Crippen LogP contribution in [0.3, 0.4) is 0 Å². The largest absolute Gasteiger partial charge is 0.303 e. The maximum Gasteiger partial charge on any atom is 0.124 e. The molecule has 0 aromatic heterocycles. The van der Waals surface area contributed by atoms with E-state index in [2.05, 4.69) is 31.2 Å². The maximum absolute atomic E-state index is 10.5. The van der Waals surface area contributed by atoms with Gasteiger partial charge in [-0.15, -0.1) is 0 Å². The first-order chi connectivity index (χ1) is 6.81. The van der Waals surface area contributed by atoms with Crippen LogP contribution in [0.25, 0.3) is 10.8 Å². The van der Waals surface area contributed by atoms with E-state index in [0.717, 1.165) is 11.8 Å². The second-order valence-corrected chi connectivity index (χ2v) is 3.51. The first kappa shape index (κ1) is 8.95. The van der Waals surface area contributed by atoms with Gasteiger partial charge in [0.15, 0.2) is 0 Å². The van der Waals surface area contributed by atoms with E-state index in [1.165, 1.54) is 16.3 Å². The molecule has 0 bridgehead atoms. The molecule has 2 aromatic carbocycles. The summed E-state index contributed by atoms with van der Waals surface area (Å²) in [6, 6.07) is 12.4. The van der Waals surface area contributed by atoms with Gasteiger partial charge in [0.25, 0.3) is 0 Å². The Hall–Kier alpha value is -1.63. The molecule has 14 heavy (non-hydrogen) atoms. The summed E-state index contributed by atoms with van der Waals surface area (Å²) in [5, 5.41) is 2.40. The smallest absolute Gasteiger partial charge is 0.124 e. The molecule has 1 heteroatoms. The lowest BCUT2D eigenvalue weighted by molar-refractivity contribution is -0.107. The van der Waals surface area contributed by atoms with Crippen LogP contribution in [-0.4, -0.2) is 6.29 Å². The van der Waals surface area contributed by atoms with E-state index >= 15 is 0 Å². The molecule has 0 unspecified atom stereocenters. The van der Waals surface area contributed by atoms with Crippen LogP contribution in [0.2, 0.25) is 0 Å². The number of rotatable bonds is 2. The van der Waals surface area contributed by atoms with E-state index < -0.39 is 0 Å². The third kappa shape index (κ3) is 1.53. The SMILES string of the molecule is Cc1ccc2c(CC=O)cccc2c1. The van der Waals surface area contributed by atoms with Crippen molar-refractivity contribution >= 4 is 17.1 Å². The molecular weight excluding hydrogens is 172 g/mol. The van der Waals surface area contributed by atoms with Crippen molar-refractivity contribution in [1.82, 2.24) is 0 Å². The molecule has 0 saturated carbocycles. The third-order valence-electron chi connectivity index (χ3n) is 2.43. The summed E-state index contributed by atoms with van der Waals surface area (Å²) in [7, 11) is 0. The van der Waals surface area contributed by atoms with Gasteiger partial charge in [-0.25, -0.2) is 0 Å². The van der Waals surface area contributed by atoms with Crippen LogP contribution < -0.4 is 0 Å². The van der Waals surface area contributed by atoms with Gasteiger partial charge in [-0.2, -0.15) is 0 Å². The van der Waals surface area contributed by atoms with Gasteiger partial charge in [0.1, 0.15) is 6.29 Å². The van der Waals surface area contributed by atoms with Crippen molar-refractivity contribution in [3.05, 3.63) is 47.5 Å². The second-order valence-electron chi connectivity index (χ2n) is 3.51. The quantitative estimate of drug-likeness (QED) is 0.656. The van der Waals surface area contributed by atoms with E-state index in [1.54, 1.807) is 0 Å². The highest BCUT2D eigenvalue weighted by molar-refractivity contribution is 5.87. The Bertz CT molecular complexity index is 472. The summed E-state index contributed by atoms with van der Waals surface area (Å²) in [6.45, 7) is 2.08. The number of aryl methyl sites for hydroxylation is 1. The van der Waals surface area contributed by atoms with Crippen molar-refractivity contribution in [1.29, 1.82) is 0 Å². The average Bonchev–Trinajstić information content (AvgIpc) is 2.18. The minimum Gasteiger partial charge on any atom is -0.303 e. The monoisotopic (exact) mass is 184 g/mol. The Morgan fingerprint density at radius 1 is 1.21 bits per heavy atom. The fourth-order valence-corrected chi connectivity index (χ4v) is 1.74. The van der Waals surface area contributed by atoms with Crippen molar-refractivity contribution in [3.63, 3.8) is 0 Å². The minimum atomic E-state index is 0.500. The average molecular weight is 184 g/mol. The number of benzene rings is 2. The van der Waals surface area contributed by atoms with Crippen molar-refractivity contribution < 1.29 is 4.79 Å². The van der Waals surface area contributed by atoms with Crippen LogP contribution in [0.5, 0.6) is 0 Å². The first-order valence-corrected chi connectivity index (χ1v) is 4.73. The summed E-state index contributed by atoms with van der Waals surface area (Å²) >= 11 is 0. The Morgan fingerprint density at radius 2 is 2.07 bits per heavy atom. The predicted octanol–water partition coefficient (Wildman–Crippen LogP) is 2.89. The third-order valence-corrected chi connectivity index (χ3v) is 2.43. The van der Waals surface area contributed by atoms with E-state index in [-0.39, 0.29) is 0 Å². The molecule has 0 atom stereocenters. The van der Waals surface area contributed by atoms with Gasteiger partial charge in [0, 0.05) is 6.42 Å². The summed E-state index contributed by atoms with van der Waals surface area (Å²) in [4.78, 5) is 10.5. The Morgan fingerprint density at radius 3 is 2.86 bits per heavy atom. The fraction of sp³-hybridized carbons (Fsp3) is 0.154. The molecule has 0 heterocycles. The standard InChI is InChI=1S/C13H12O/c1-10-5-6-13-11(7-8-14)3-2-4-12(13)9-10/h2-6,8-9H,7H2,1H3. The minimum absolute atomic E-state index is 0.500. The van der Waals surface area contributed by atoms with Crippen molar-refractivity contribution in [2.24, 2.45) is 0 Å². The van der Waals surface area contributed by atoms with Gasteiger partial charge >= 0.3 is 0 Å². The van der Waals surface area contributed by atoms with Crippen molar-refractivity contribution in [3.8, 4) is 0 Å². The summed E-state index contributed by atoms with van der Waals surface area (Å²) < 4.78 is 0. The topological polar surface area (TPSA) is 17.1 Å². The zero-order valence-electron chi connectivity index (χ0n) is 8.16. The van der Waals surface area contributed by atoms with Crippen LogP contribution in [0.4, 0.5) is 0 Å². The van der Waals surface area contributed by atoms with Gasteiger partial charge in [-0.05, 0) is 23.3 Å². The second kappa shape index (κ2) is 3.62. The zero-order valence-corrected chi connectivity index (χ0v) is 8.16. The van der Waals surface area contributed by atoms with E-state index in [1.807, 2.05) is 12.1 Å². The highest BCUT2D eigenvalue weighted by Crippen LogP contribution is 2.19. The highest BCUT2D eigenvalue weighted by atomic mass is 16.1. The number of carbonyl (C=O) groups excluding carboxylic acids is 1. The molecule has 0 N–H and O–H groups in total. The van der Waals surface area contributed by atoms with Gasteiger partial charge < -0.3 is 4.79 Å². The lowest BCUT2D eigenvalue weighted by Crippen LogP contribution is -1.87. The molecule has 0 radical (unpaired) electrons. The molecule has 0 aliphatic rings. The zero-order chi connectivity index (χ0) is 9.97. The normalized spacial score (nSPS) is 10.4. The van der Waals surface area contributed by atoms with Crippen LogP contribution in [-0.2, 0) is 11.2 Å². The van der Waals surface area contributed by atoms with E-state index in [0.29, 0.717) is 6.42 Å². The fourth-order valence-electron chi connectivity index (χ4n) is 1.74. The van der Waals surface area contributed by atoms with Crippen LogP contribution in [0.1, 0.15) is 11.1 Å². The Balaban J connectivity index is 2.68. The molecule has 0 fully saturated rings. The lowest BCUT2D eigenvalue weighted by Gasteiger charge is -2.03. The number of aldehydes is 1. The first-order valence-electron chi connectivity index (χ1n) is 4.73. The Kier molecular flexibility index (Phi) is 2.32. The summed E-state index contributed by atoms with van der Waals surface area (Å²) in [5.41, 5.74) is 2.36. The molecule has 0 amide bonds. The van der Waals surface area contributed by atoms with E-state index in [9.17, 15) is 4.79 Å². The maximum atomic E-state index is 10.5. The number of hydrogen-bond donors (Lipinski definition) is 0. The van der Waals surface area contributed by atoms with Crippen LogP contribution in [0, 0.1) is 6.92 Å². The molecule has 2 aromatic rings. The molecule has 0 aliphatic carbocycles. The van der Waals surface area contributed by atoms with Gasteiger partial charge in [-0.1, -0.05) is 42.0 Å². The molecule has 0 aliphatic heterocycles. The molecule has 70 valence electrons. The van der Waals surface area contributed by atoms with E-state index in [4.69, 9.17) is 0 Å². The van der Waals surface area contributed by atoms with Gasteiger partial charge in [0.2, 0.25) is 0 Å². The van der Waals surface area contributed by atoms with Gasteiger partial charge in [-0.3, -0.25) is 0 Å². The lowest BCUT2D eigenvalue weighted by atomic mass is 10.0. The number of carbonyl (C=O) groups is 1.